The van der Waals surface area contributed by atoms with Crippen LogP contribution in [0.3, 0.4) is 0 Å². The van der Waals surface area contributed by atoms with Gasteiger partial charge in [-0.3, -0.25) is 0 Å². The Morgan fingerprint density at radius 3 is 1.76 bits per heavy atom. The second-order valence-corrected chi connectivity index (χ2v) is 5.88. The van der Waals surface area contributed by atoms with Crippen LogP contribution in [0.25, 0.3) is 12.2 Å². The van der Waals surface area contributed by atoms with Crippen molar-refractivity contribution in [3.63, 3.8) is 0 Å². The standard InChI is InChI=1S/C19H18F2/c1-3-10-19(2)17-11-15(20)8-6-13(17)4-5-14-7-9-16(21)12-18(14)19/h4-9,11-12H,3,10H2,1-2H3. The maximum atomic E-state index is 13.8. The molecule has 1 aliphatic rings. The summed E-state index contributed by atoms with van der Waals surface area (Å²) in [6.45, 7) is 4.18. The number of hydrogen-bond donors (Lipinski definition) is 0. The number of halogens is 2. The zero-order valence-electron chi connectivity index (χ0n) is 12.3. The molecule has 21 heavy (non-hydrogen) atoms. The fraction of sp³-hybridized carbons (Fsp3) is 0.263. The minimum atomic E-state index is -0.382. The van der Waals surface area contributed by atoms with E-state index in [0.717, 1.165) is 35.1 Å². The molecule has 0 fully saturated rings. The first kappa shape index (κ1) is 14.0. The predicted octanol–water partition coefficient (Wildman–Crippen LogP) is 5.55. The first-order valence-corrected chi connectivity index (χ1v) is 7.33. The van der Waals surface area contributed by atoms with Crippen molar-refractivity contribution in [3.05, 3.63) is 70.3 Å². The van der Waals surface area contributed by atoms with E-state index in [1.54, 1.807) is 24.3 Å². The van der Waals surface area contributed by atoms with Crippen LogP contribution in [0.15, 0.2) is 36.4 Å². The van der Waals surface area contributed by atoms with Gasteiger partial charge in [-0.25, -0.2) is 8.78 Å². The average molecular weight is 284 g/mol. The zero-order valence-corrected chi connectivity index (χ0v) is 12.3. The minimum absolute atomic E-state index is 0.246. The Labute approximate surface area is 124 Å². The summed E-state index contributed by atoms with van der Waals surface area (Å²) in [7, 11) is 0. The van der Waals surface area contributed by atoms with Gasteiger partial charge in [0.25, 0.3) is 0 Å². The number of benzene rings is 2. The molecule has 0 saturated carbocycles. The first-order chi connectivity index (χ1) is 10.0. The Bertz CT molecular complexity index is 658. The van der Waals surface area contributed by atoms with Gasteiger partial charge in [0.2, 0.25) is 0 Å². The van der Waals surface area contributed by atoms with Crippen LogP contribution in [0.5, 0.6) is 0 Å². The molecule has 0 saturated heterocycles. The lowest BCUT2D eigenvalue weighted by molar-refractivity contribution is 0.500. The summed E-state index contributed by atoms with van der Waals surface area (Å²) < 4.78 is 27.5. The molecule has 0 aliphatic heterocycles. The van der Waals surface area contributed by atoms with Gasteiger partial charge >= 0.3 is 0 Å². The van der Waals surface area contributed by atoms with Gasteiger partial charge in [-0.2, -0.15) is 0 Å². The molecule has 0 N–H and O–H groups in total. The molecule has 0 radical (unpaired) electrons. The van der Waals surface area contributed by atoms with Crippen LogP contribution in [0.1, 0.15) is 48.9 Å². The molecular formula is C19H18F2. The highest BCUT2D eigenvalue weighted by Gasteiger charge is 2.33. The first-order valence-electron chi connectivity index (χ1n) is 7.33. The summed E-state index contributed by atoms with van der Waals surface area (Å²) >= 11 is 0. The van der Waals surface area contributed by atoms with Crippen molar-refractivity contribution in [2.75, 3.05) is 0 Å². The molecule has 0 bridgehead atoms. The third-order valence-electron chi connectivity index (χ3n) is 4.41. The molecule has 0 spiro atoms. The van der Waals surface area contributed by atoms with Crippen LogP contribution in [-0.4, -0.2) is 0 Å². The third kappa shape index (κ3) is 2.29. The van der Waals surface area contributed by atoms with E-state index in [-0.39, 0.29) is 17.0 Å². The lowest BCUT2D eigenvalue weighted by Crippen LogP contribution is -2.25. The van der Waals surface area contributed by atoms with E-state index in [9.17, 15) is 8.78 Å². The number of hydrogen-bond acceptors (Lipinski definition) is 0. The van der Waals surface area contributed by atoms with E-state index < -0.39 is 0 Å². The van der Waals surface area contributed by atoms with Crippen molar-refractivity contribution >= 4 is 12.2 Å². The van der Waals surface area contributed by atoms with Crippen molar-refractivity contribution in [2.24, 2.45) is 0 Å². The Hall–Kier alpha value is -1.96. The summed E-state index contributed by atoms with van der Waals surface area (Å²) in [5, 5.41) is 0. The Morgan fingerprint density at radius 2 is 1.33 bits per heavy atom. The van der Waals surface area contributed by atoms with Gasteiger partial charge < -0.3 is 0 Å². The molecule has 1 aliphatic carbocycles. The highest BCUT2D eigenvalue weighted by molar-refractivity contribution is 5.77. The fourth-order valence-electron chi connectivity index (χ4n) is 3.40. The van der Waals surface area contributed by atoms with E-state index in [1.807, 2.05) is 12.2 Å². The molecule has 3 rings (SSSR count). The largest absolute Gasteiger partial charge is 0.207 e. The van der Waals surface area contributed by atoms with E-state index >= 15 is 0 Å². The van der Waals surface area contributed by atoms with Crippen LogP contribution in [0.4, 0.5) is 8.78 Å². The second-order valence-electron chi connectivity index (χ2n) is 5.88. The predicted molar refractivity (Wildman–Crippen MR) is 83.1 cm³/mol. The van der Waals surface area contributed by atoms with Crippen molar-refractivity contribution in [3.8, 4) is 0 Å². The molecule has 0 atom stereocenters. The fourth-order valence-corrected chi connectivity index (χ4v) is 3.40. The zero-order chi connectivity index (χ0) is 15.0. The van der Waals surface area contributed by atoms with Gasteiger partial charge in [-0.05, 0) is 52.9 Å². The van der Waals surface area contributed by atoms with Crippen LogP contribution in [-0.2, 0) is 5.41 Å². The Morgan fingerprint density at radius 1 is 0.857 bits per heavy atom. The summed E-state index contributed by atoms with van der Waals surface area (Å²) in [5.41, 5.74) is 3.50. The summed E-state index contributed by atoms with van der Waals surface area (Å²) in [5.74, 6) is -0.492. The highest BCUT2D eigenvalue weighted by atomic mass is 19.1. The molecule has 0 heterocycles. The van der Waals surface area contributed by atoms with Gasteiger partial charge in [-0.1, -0.05) is 44.6 Å². The van der Waals surface area contributed by atoms with Crippen LogP contribution in [0.2, 0.25) is 0 Å². The lowest BCUT2D eigenvalue weighted by atomic mass is 9.71. The Balaban J connectivity index is 2.33. The maximum absolute atomic E-state index is 13.8. The molecule has 2 aromatic rings. The second kappa shape index (κ2) is 5.10. The quantitative estimate of drug-likeness (QED) is 0.677. The highest BCUT2D eigenvalue weighted by Crippen LogP contribution is 2.43. The Kier molecular flexibility index (Phi) is 3.40. The molecule has 0 unspecified atom stereocenters. The normalized spacial score (nSPS) is 15.2. The van der Waals surface area contributed by atoms with Gasteiger partial charge in [-0.15, -0.1) is 0 Å². The molecule has 108 valence electrons. The molecule has 0 nitrogen and oxygen atoms in total. The summed E-state index contributed by atoms with van der Waals surface area (Å²) in [6.07, 6.45) is 5.78. The van der Waals surface area contributed by atoms with E-state index in [0.29, 0.717) is 0 Å². The van der Waals surface area contributed by atoms with Gasteiger partial charge in [0.05, 0.1) is 0 Å². The van der Waals surface area contributed by atoms with Crippen LogP contribution >= 0.6 is 0 Å². The van der Waals surface area contributed by atoms with E-state index in [4.69, 9.17) is 0 Å². The van der Waals surface area contributed by atoms with Gasteiger partial charge in [0.15, 0.2) is 0 Å². The summed E-state index contributed by atoms with van der Waals surface area (Å²) in [6, 6.07) is 9.75. The smallest absolute Gasteiger partial charge is 0.123 e. The SMILES string of the molecule is CCCC1(C)c2cc(F)ccc2C=Cc2ccc(F)cc21. The van der Waals surface area contributed by atoms with Crippen LogP contribution < -0.4 is 0 Å². The van der Waals surface area contributed by atoms with Crippen molar-refractivity contribution in [1.82, 2.24) is 0 Å². The van der Waals surface area contributed by atoms with Gasteiger partial charge in [0, 0.05) is 5.41 Å². The lowest BCUT2D eigenvalue weighted by Gasteiger charge is -2.32. The molecule has 2 aromatic carbocycles. The molecule has 0 aromatic heterocycles. The number of fused-ring (bicyclic) bond motifs is 2. The third-order valence-corrected chi connectivity index (χ3v) is 4.41. The van der Waals surface area contributed by atoms with E-state index in [1.165, 1.54) is 12.1 Å². The average Bonchev–Trinajstić information content (AvgIpc) is 2.57. The van der Waals surface area contributed by atoms with Crippen molar-refractivity contribution < 1.29 is 8.78 Å². The molecule has 0 amide bonds. The van der Waals surface area contributed by atoms with E-state index in [2.05, 4.69) is 13.8 Å². The van der Waals surface area contributed by atoms with Crippen LogP contribution in [0, 0.1) is 11.6 Å². The van der Waals surface area contributed by atoms with Crippen molar-refractivity contribution in [1.29, 1.82) is 0 Å². The topological polar surface area (TPSA) is 0 Å². The molecule has 2 heteroatoms. The molecular weight excluding hydrogens is 266 g/mol. The maximum Gasteiger partial charge on any atom is 0.123 e. The van der Waals surface area contributed by atoms with Gasteiger partial charge in [0.1, 0.15) is 11.6 Å². The van der Waals surface area contributed by atoms with Crippen molar-refractivity contribution in [2.45, 2.75) is 32.1 Å². The minimum Gasteiger partial charge on any atom is -0.207 e. The number of rotatable bonds is 2. The summed E-state index contributed by atoms with van der Waals surface area (Å²) in [4.78, 5) is 0. The monoisotopic (exact) mass is 284 g/mol.